The molecule has 0 fully saturated rings. The predicted octanol–water partition coefficient (Wildman–Crippen LogP) is 7.12. The normalized spacial score (nSPS) is 11.3. The largest absolute Gasteiger partial charge is 0.494 e. The van der Waals surface area contributed by atoms with Gasteiger partial charge in [-0.2, -0.15) is 0 Å². The van der Waals surface area contributed by atoms with Crippen molar-refractivity contribution in [3.05, 3.63) is 71.8 Å². The van der Waals surface area contributed by atoms with Crippen LogP contribution in [-0.4, -0.2) is 19.0 Å². The summed E-state index contributed by atoms with van der Waals surface area (Å²) >= 11 is 0. The van der Waals surface area contributed by atoms with Gasteiger partial charge in [-0.1, -0.05) is 75.9 Å². The van der Waals surface area contributed by atoms with Crippen LogP contribution in [0, 0.1) is 0 Å². The molecule has 0 unspecified atom stereocenters. The van der Waals surface area contributed by atoms with Crippen molar-refractivity contribution in [2.24, 2.45) is 0 Å². The summed E-state index contributed by atoms with van der Waals surface area (Å²) in [5.41, 5.74) is 1.95. The zero-order chi connectivity index (χ0) is 21.4. The van der Waals surface area contributed by atoms with Gasteiger partial charge in [0.2, 0.25) is 0 Å². The second kappa shape index (κ2) is 14.2. The monoisotopic (exact) mass is 406 g/mol. The molecule has 0 radical (unpaired) electrons. The SMILES string of the molecule is CCCCCOc1ccc(/C=C/C(=O)/C=C/c2ccc(OCCCCC)cc2)cc1. The molecule has 2 aromatic rings. The maximum absolute atomic E-state index is 12.1. The van der Waals surface area contributed by atoms with Gasteiger partial charge in [0.25, 0.3) is 0 Å². The fraction of sp³-hybridized carbons (Fsp3) is 0.370. The summed E-state index contributed by atoms with van der Waals surface area (Å²) in [6, 6.07) is 15.6. The number of carbonyl (C=O) groups excluding carboxylic acids is 1. The molecule has 0 saturated carbocycles. The van der Waals surface area contributed by atoms with E-state index in [1.807, 2.05) is 60.7 Å². The van der Waals surface area contributed by atoms with Crippen molar-refractivity contribution in [2.45, 2.75) is 52.4 Å². The van der Waals surface area contributed by atoms with Crippen LogP contribution in [0.3, 0.4) is 0 Å². The van der Waals surface area contributed by atoms with E-state index >= 15 is 0 Å². The second-order valence-corrected chi connectivity index (χ2v) is 7.32. The van der Waals surface area contributed by atoms with Gasteiger partial charge in [-0.15, -0.1) is 0 Å². The number of unbranched alkanes of at least 4 members (excludes halogenated alkanes) is 4. The zero-order valence-corrected chi connectivity index (χ0v) is 18.3. The average Bonchev–Trinajstić information content (AvgIpc) is 2.78. The molecular weight excluding hydrogens is 372 g/mol. The lowest BCUT2D eigenvalue weighted by atomic mass is 10.1. The third kappa shape index (κ3) is 9.60. The van der Waals surface area contributed by atoms with Gasteiger partial charge in [0.05, 0.1) is 13.2 Å². The Labute approximate surface area is 181 Å². The molecule has 2 aromatic carbocycles. The Morgan fingerprint density at radius 3 is 1.43 bits per heavy atom. The highest BCUT2D eigenvalue weighted by atomic mass is 16.5. The molecule has 0 bridgehead atoms. The minimum atomic E-state index is -0.0465. The standard InChI is InChI=1S/C27H34O3/c1-3-5-7-21-29-26-17-11-23(12-18-26)9-15-25(28)16-10-24-13-19-27(20-14-24)30-22-8-6-4-2/h9-20H,3-8,21-22H2,1-2H3/b15-9+,16-10+. The van der Waals surface area contributed by atoms with Crippen LogP contribution in [0.1, 0.15) is 63.5 Å². The molecule has 0 aliphatic rings. The predicted molar refractivity (Wildman–Crippen MR) is 126 cm³/mol. The average molecular weight is 407 g/mol. The van der Waals surface area contributed by atoms with Crippen LogP contribution < -0.4 is 9.47 Å². The van der Waals surface area contributed by atoms with Gasteiger partial charge in [-0.25, -0.2) is 0 Å². The Bertz CT molecular complexity index is 718. The van der Waals surface area contributed by atoms with Gasteiger partial charge in [-0.05, 0) is 60.4 Å². The van der Waals surface area contributed by atoms with Crippen molar-refractivity contribution in [3.8, 4) is 11.5 Å². The summed E-state index contributed by atoms with van der Waals surface area (Å²) in [4.78, 5) is 12.1. The quantitative estimate of drug-likeness (QED) is 0.247. The van der Waals surface area contributed by atoms with E-state index in [2.05, 4.69) is 13.8 Å². The van der Waals surface area contributed by atoms with Crippen molar-refractivity contribution >= 4 is 17.9 Å². The molecule has 3 heteroatoms. The van der Waals surface area contributed by atoms with E-state index in [0.29, 0.717) is 0 Å². The smallest absolute Gasteiger partial charge is 0.178 e. The first-order valence-electron chi connectivity index (χ1n) is 11.1. The molecule has 3 nitrogen and oxygen atoms in total. The number of hydrogen-bond donors (Lipinski definition) is 0. The summed E-state index contributed by atoms with van der Waals surface area (Å²) in [6.45, 7) is 5.85. The third-order valence-corrected chi connectivity index (χ3v) is 4.67. The third-order valence-electron chi connectivity index (χ3n) is 4.67. The van der Waals surface area contributed by atoms with Gasteiger partial charge in [-0.3, -0.25) is 4.79 Å². The molecule has 0 saturated heterocycles. The van der Waals surface area contributed by atoms with Crippen LogP contribution in [0.5, 0.6) is 11.5 Å². The number of ether oxygens (including phenoxy) is 2. The number of benzene rings is 2. The van der Waals surface area contributed by atoms with Gasteiger partial charge in [0.1, 0.15) is 11.5 Å². The van der Waals surface area contributed by atoms with E-state index in [0.717, 1.165) is 48.7 Å². The lowest BCUT2D eigenvalue weighted by Gasteiger charge is -2.05. The molecule has 2 rings (SSSR count). The molecule has 0 heterocycles. The lowest BCUT2D eigenvalue weighted by molar-refractivity contribution is -0.110. The minimum Gasteiger partial charge on any atom is -0.494 e. The van der Waals surface area contributed by atoms with Crippen LogP contribution in [0.4, 0.5) is 0 Å². The summed E-state index contributed by atoms with van der Waals surface area (Å²) in [5, 5.41) is 0. The lowest BCUT2D eigenvalue weighted by Crippen LogP contribution is -1.96. The summed E-state index contributed by atoms with van der Waals surface area (Å²) in [7, 11) is 0. The number of allylic oxidation sites excluding steroid dienone is 2. The molecule has 0 atom stereocenters. The fourth-order valence-corrected chi connectivity index (χ4v) is 2.85. The van der Waals surface area contributed by atoms with E-state index < -0.39 is 0 Å². The number of carbonyl (C=O) groups is 1. The molecule has 0 N–H and O–H groups in total. The summed E-state index contributed by atoms with van der Waals surface area (Å²) < 4.78 is 11.4. The van der Waals surface area contributed by atoms with Crippen LogP contribution in [0.25, 0.3) is 12.2 Å². The Hall–Kier alpha value is -2.81. The van der Waals surface area contributed by atoms with Crippen molar-refractivity contribution in [2.75, 3.05) is 13.2 Å². The first kappa shape index (κ1) is 23.5. The highest BCUT2D eigenvalue weighted by molar-refractivity contribution is 6.04. The summed E-state index contributed by atoms with van der Waals surface area (Å²) in [5.74, 6) is 1.69. The van der Waals surface area contributed by atoms with Gasteiger partial charge < -0.3 is 9.47 Å². The van der Waals surface area contributed by atoms with Crippen molar-refractivity contribution in [1.82, 2.24) is 0 Å². The molecule has 0 aliphatic carbocycles. The van der Waals surface area contributed by atoms with Crippen molar-refractivity contribution in [3.63, 3.8) is 0 Å². The molecule has 0 amide bonds. The number of rotatable bonds is 14. The number of hydrogen-bond acceptors (Lipinski definition) is 3. The maximum Gasteiger partial charge on any atom is 0.178 e. The molecule has 0 aromatic heterocycles. The first-order valence-corrected chi connectivity index (χ1v) is 11.1. The topological polar surface area (TPSA) is 35.5 Å². The van der Waals surface area contributed by atoms with E-state index in [4.69, 9.17) is 9.47 Å². The van der Waals surface area contributed by atoms with Crippen LogP contribution in [0.2, 0.25) is 0 Å². The Morgan fingerprint density at radius 2 is 1.07 bits per heavy atom. The van der Waals surface area contributed by atoms with E-state index in [1.54, 1.807) is 12.2 Å². The molecular formula is C27H34O3. The van der Waals surface area contributed by atoms with Gasteiger partial charge in [0, 0.05) is 0 Å². The molecule has 0 spiro atoms. The highest BCUT2D eigenvalue weighted by Crippen LogP contribution is 2.15. The van der Waals surface area contributed by atoms with E-state index in [9.17, 15) is 4.79 Å². The Morgan fingerprint density at radius 1 is 0.667 bits per heavy atom. The second-order valence-electron chi connectivity index (χ2n) is 7.32. The molecule has 0 aliphatic heterocycles. The number of ketones is 1. The van der Waals surface area contributed by atoms with Crippen molar-refractivity contribution < 1.29 is 14.3 Å². The maximum atomic E-state index is 12.1. The zero-order valence-electron chi connectivity index (χ0n) is 18.3. The van der Waals surface area contributed by atoms with E-state index in [-0.39, 0.29) is 5.78 Å². The van der Waals surface area contributed by atoms with Crippen molar-refractivity contribution in [1.29, 1.82) is 0 Å². The van der Waals surface area contributed by atoms with Crippen LogP contribution >= 0.6 is 0 Å². The Kier molecular flexibility index (Phi) is 11.1. The van der Waals surface area contributed by atoms with E-state index in [1.165, 1.54) is 25.7 Å². The molecule has 160 valence electrons. The first-order chi connectivity index (χ1) is 14.7. The molecule has 30 heavy (non-hydrogen) atoms. The van der Waals surface area contributed by atoms with Crippen LogP contribution in [-0.2, 0) is 4.79 Å². The Balaban J connectivity index is 1.77. The van der Waals surface area contributed by atoms with Crippen LogP contribution in [0.15, 0.2) is 60.7 Å². The summed E-state index contributed by atoms with van der Waals surface area (Å²) in [6.07, 6.45) is 13.7. The minimum absolute atomic E-state index is 0.0465. The highest BCUT2D eigenvalue weighted by Gasteiger charge is 1.97. The fourth-order valence-electron chi connectivity index (χ4n) is 2.85. The van der Waals surface area contributed by atoms with Gasteiger partial charge >= 0.3 is 0 Å². The van der Waals surface area contributed by atoms with Gasteiger partial charge in [0.15, 0.2) is 5.78 Å².